The van der Waals surface area contributed by atoms with Crippen LogP contribution in [0.15, 0.2) is 0 Å². The van der Waals surface area contributed by atoms with Gasteiger partial charge < -0.3 is 15.3 Å². The monoisotopic (exact) mass is 321 g/mol. The minimum atomic E-state index is -3.52. The summed E-state index contributed by atoms with van der Waals surface area (Å²) < 4.78 is 21.5. The molecule has 8 nitrogen and oxygen atoms in total. The van der Waals surface area contributed by atoms with E-state index < -0.39 is 21.4 Å². The van der Waals surface area contributed by atoms with Gasteiger partial charge in [0.15, 0.2) is 0 Å². The summed E-state index contributed by atoms with van der Waals surface area (Å²) >= 11 is 0. The van der Waals surface area contributed by atoms with Crippen molar-refractivity contribution in [3.05, 3.63) is 0 Å². The van der Waals surface area contributed by atoms with Crippen LogP contribution in [0.5, 0.6) is 0 Å². The van der Waals surface area contributed by atoms with E-state index in [0.717, 1.165) is 0 Å². The molecule has 0 aromatic carbocycles. The molecule has 122 valence electrons. The number of likely N-dealkylation sites (tertiary alicyclic amines) is 1. The second kappa shape index (κ2) is 7.08. The van der Waals surface area contributed by atoms with Gasteiger partial charge in [-0.05, 0) is 25.7 Å². The summed E-state index contributed by atoms with van der Waals surface area (Å²) in [6.45, 7) is 2.69. The molecule has 0 bridgehead atoms. The van der Waals surface area contributed by atoms with Crippen molar-refractivity contribution in [3.63, 3.8) is 0 Å². The SMILES string of the molecule is CCC1(C(=O)O)CCCN(C(=O)NCCCS(N)(=O)=O)C1. The summed E-state index contributed by atoms with van der Waals surface area (Å²) in [7, 11) is -3.52. The van der Waals surface area contributed by atoms with Gasteiger partial charge in [-0.1, -0.05) is 6.92 Å². The number of hydrogen-bond donors (Lipinski definition) is 3. The first kappa shape index (κ1) is 17.7. The fraction of sp³-hybridized carbons (Fsp3) is 0.833. The number of piperidine rings is 1. The number of nitrogens with zero attached hydrogens (tertiary/aromatic N) is 1. The maximum absolute atomic E-state index is 12.0. The van der Waals surface area contributed by atoms with Crippen molar-refractivity contribution in [2.75, 3.05) is 25.4 Å². The molecule has 1 fully saturated rings. The highest BCUT2D eigenvalue weighted by Gasteiger charge is 2.42. The third-order valence-corrected chi connectivity index (χ3v) is 4.73. The predicted octanol–water partition coefficient (Wildman–Crippen LogP) is -0.0486. The molecular formula is C12H23N3O5S. The zero-order chi connectivity index (χ0) is 16.1. The summed E-state index contributed by atoms with van der Waals surface area (Å²) in [5.41, 5.74) is -0.879. The molecule has 21 heavy (non-hydrogen) atoms. The number of aliphatic carboxylic acids is 1. The van der Waals surface area contributed by atoms with E-state index in [1.165, 1.54) is 4.90 Å². The van der Waals surface area contributed by atoms with Crippen molar-refractivity contribution < 1.29 is 23.1 Å². The number of primary sulfonamides is 1. The van der Waals surface area contributed by atoms with E-state index in [1.54, 1.807) is 0 Å². The Morgan fingerprint density at radius 1 is 1.43 bits per heavy atom. The van der Waals surface area contributed by atoms with Crippen LogP contribution in [-0.2, 0) is 14.8 Å². The summed E-state index contributed by atoms with van der Waals surface area (Å²) in [6.07, 6.45) is 1.91. The Bertz CT molecular complexity index is 493. The third kappa shape index (κ3) is 5.16. The summed E-state index contributed by atoms with van der Waals surface area (Å²) in [5.74, 6) is -1.07. The molecule has 0 spiro atoms. The third-order valence-electron chi connectivity index (χ3n) is 3.88. The van der Waals surface area contributed by atoms with E-state index in [2.05, 4.69) is 5.32 Å². The van der Waals surface area contributed by atoms with Crippen LogP contribution in [0.4, 0.5) is 4.79 Å². The molecule has 0 radical (unpaired) electrons. The topological polar surface area (TPSA) is 130 Å². The maximum atomic E-state index is 12.0. The van der Waals surface area contributed by atoms with Gasteiger partial charge in [0, 0.05) is 19.6 Å². The van der Waals surface area contributed by atoms with E-state index in [4.69, 9.17) is 5.14 Å². The fourth-order valence-electron chi connectivity index (χ4n) is 2.50. The Morgan fingerprint density at radius 2 is 2.10 bits per heavy atom. The van der Waals surface area contributed by atoms with Gasteiger partial charge in [0.1, 0.15) is 0 Å². The first-order valence-electron chi connectivity index (χ1n) is 6.97. The largest absolute Gasteiger partial charge is 0.481 e. The van der Waals surface area contributed by atoms with Crippen LogP contribution in [0.2, 0.25) is 0 Å². The lowest BCUT2D eigenvalue weighted by Gasteiger charge is -2.39. The van der Waals surface area contributed by atoms with Crippen molar-refractivity contribution in [2.45, 2.75) is 32.6 Å². The van der Waals surface area contributed by atoms with Crippen molar-refractivity contribution in [1.82, 2.24) is 10.2 Å². The lowest BCUT2D eigenvalue weighted by Crippen LogP contribution is -2.52. The van der Waals surface area contributed by atoms with Crippen LogP contribution < -0.4 is 10.5 Å². The van der Waals surface area contributed by atoms with E-state index in [1.807, 2.05) is 6.92 Å². The number of rotatable bonds is 6. The van der Waals surface area contributed by atoms with Gasteiger partial charge in [0.05, 0.1) is 11.2 Å². The molecule has 1 heterocycles. The van der Waals surface area contributed by atoms with Crippen LogP contribution >= 0.6 is 0 Å². The van der Waals surface area contributed by atoms with E-state index >= 15 is 0 Å². The summed E-state index contributed by atoms with van der Waals surface area (Å²) in [6, 6.07) is -0.358. The van der Waals surface area contributed by atoms with Crippen molar-refractivity contribution >= 4 is 22.0 Å². The van der Waals surface area contributed by atoms with Gasteiger partial charge in [-0.25, -0.2) is 18.4 Å². The first-order valence-corrected chi connectivity index (χ1v) is 8.68. The molecular weight excluding hydrogens is 298 g/mol. The second-order valence-electron chi connectivity index (χ2n) is 5.42. The predicted molar refractivity (Wildman–Crippen MR) is 77.2 cm³/mol. The van der Waals surface area contributed by atoms with E-state index in [-0.39, 0.29) is 31.3 Å². The van der Waals surface area contributed by atoms with Gasteiger partial charge in [-0.3, -0.25) is 4.79 Å². The Balaban J connectivity index is 2.49. The molecule has 0 saturated carbocycles. The number of urea groups is 1. The Kier molecular flexibility index (Phi) is 5.97. The molecule has 4 N–H and O–H groups in total. The average molecular weight is 321 g/mol. The lowest BCUT2D eigenvalue weighted by molar-refractivity contribution is -0.152. The fourth-order valence-corrected chi connectivity index (χ4v) is 3.05. The number of carbonyl (C=O) groups excluding carboxylic acids is 1. The average Bonchev–Trinajstić information content (AvgIpc) is 2.42. The lowest BCUT2D eigenvalue weighted by atomic mass is 9.78. The molecule has 9 heteroatoms. The molecule has 1 aliphatic heterocycles. The van der Waals surface area contributed by atoms with Crippen molar-refractivity contribution in [1.29, 1.82) is 0 Å². The molecule has 0 aromatic rings. The number of nitrogens with two attached hydrogens (primary N) is 1. The van der Waals surface area contributed by atoms with Gasteiger partial charge in [0.2, 0.25) is 10.0 Å². The second-order valence-corrected chi connectivity index (χ2v) is 7.15. The molecule has 0 aliphatic carbocycles. The van der Waals surface area contributed by atoms with Crippen LogP contribution in [0.25, 0.3) is 0 Å². The van der Waals surface area contributed by atoms with Crippen molar-refractivity contribution in [2.24, 2.45) is 10.6 Å². The van der Waals surface area contributed by atoms with E-state index in [9.17, 15) is 23.1 Å². The van der Waals surface area contributed by atoms with Gasteiger partial charge >= 0.3 is 12.0 Å². The van der Waals surface area contributed by atoms with Crippen LogP contribution in [0.3, 0.4) is 0 Å². The molecule has 0 aromatic heterocycles. The smallest absolute Gasteiger partial charge is 0.317 e. The number of amides is 2. The minimum absolute atomic E-state index is 0.180. The van der Waals surface area contributed by atoms with Gasteiger partial charge in [-0.15, -0.1) is 0 Å². The molecule has 1 aliphatic rings. The molecule has 1 rings (SSSR count). The van der Waals surface area contributed by atoms with Crippen LogP contribution in [0, 0.1) is 5.41 Å². The standard InChI is InChI=1S/C12H23N3O5S/c1-2-12(10(16)17)5-3-7-15(9-12)11(18)14-6-4-8-21(13,19)20/h2-9H2,1H3,(H,14,18)(H,16,17)(H2,13,19,20). The Labute approximate surface area is 124 Å². The number of sulfonamides is 1. The van der Waals surface area contributed by atoms with Gasteiger partial charge in [-0.2, -0.15) is 0 Å². The first-order chi connectivity index (χ1) is 9.70. The number of carboxylic acids is 1. The molecule has 1 atom stereocenters. The van der Waals surface area contributed by atoms with Gasteiger partial charge in [0.25, 0.3) is 0 Å². The summed E-state index contributed by atoms with van der Waals surface area (Å²) in [4.78, 5) is 24.9. The number of nitrogens with one attached hydrogen (secondary N) is 1. The number of hydrogen-bond acceptors (Lipinski definition) is 4. The van der Waals surface area contributed by atoms with Crippen molar-refractivity contribution in [3.8, 4) is 0 Å². The molecule has 1 saturated heterocycles. The number of carbonyl (C=O) groups is 2. The summed E-state index contributed by atoms with van der Waals surface area (Å²) in [5, 5.41) is 16.8. The molecule has 1 unspecified atom stereocenters. The Morgan fingerprint density at radius 3 is 2.62 bits per heavy atom. The maximum Gasteiger partial charge on any atom is 0.317 e. The van der Waals surface area contributed by atoms with E-state index in [0.29, 0.717) is 25.8 Å². The highest BCUT2D eigenvalue weighted by Crippen LogP contribution is 2.33. The minimum Gasteiger partial charge on any atom is -0.481 e. The van der Waals surface area contributed by atoms with Crippen LogP contribution in [-0.4, -0.2) is 55.8 Å². The highest BCUT2D eigenvalue weighted by molar-refractivity contribution is 7.89. The van der Waals surface area contributed by atoms with Crippen LogP contribution in [0.1, 0.15) is 32.6 Å². The normalized spacial score (nSPS) is 22.9. The number of carboxylic acid groups (broad SMARTS) is 1. The quantitative estimate of drug-likeness (QED) is 0.591. The molecule has 2 amide bonds. The Hall–Kier alpha value is -1.35. The zero-order valence-corrected chi connectivity index (χ0v) is 13.0. The zero-order valence-electron chi connectivity index (χ0n) is 12.2. The highest BCUT2D eigenvalue weighted by atomic mass is 32.2.